The van der Waals surface area contributed by atoms with Crippen LogP contribution in [0.4, 0.5) is 4.79 Å². The number of β-amino-alcohol motifs (C(OH)–C–C–N with tert-alkyl or cyclic N) is 1. The standard InChI is InChI=1S/C40H53N5O7S/c1-23(26-11-13-27(14-12-26)34-24(2)41-22-53-34)42-36(48)32-20-29(46)21-45(32)37(49)35(39(3,4)5)44-33(47)17-25-9-15-30(16-10-25)51-31-18-28(19-31)43-38(50)52-40(6,7)8/h9-16,22-23,28-29,31-32,35,46H,17-21H2,1-8H3,(H,42,48)(H,43,50)(H,44,47)/t23-,28?,29+,31?,32-,35+/m0/s1. The summed E-state index contributed by atoms with van der Waals surface area (Å²) in [7, 11) is 0. The van der Waals surface area contributed by atoms with Gasteiger partial charge in [-0.2, -0.15) is 0 Å². The van der Waals surface area contributed by atoms with E-state index in [1.165, 1.54) is 4.90 Å². The van der Waals surface area contributed by atoms with Gasteiger partial charge in [-0.25, -0.2) is 9.78 Å². The molecular formula is C40H53N5O7S. The van der Waals surface area contributed by atoms with Crippen molar-refractivity contribution in [3.8, 4) is 16.2 Å². The van der Waals surface area contributed by atoms with Crippen molar-refractivity contribution < 1.29 is 33.8 Å². The zero-order chi connectivity index (χ0) is 38.7. The van der Waals surface area contributed by atoms with Crippen LogP contribution in [0.1, 0.15) is 90.6 Å². The molecule has 0 bridgehead atoms. The van der Waals surface area contributed by atoms with Crippen molar-refractivity contribution in [1.82, 2.24) is 25.8 Å². The molecule has 0 unspecified atom stereocenters. The Labute approximate surface area is 316 Å². The van der Waals surface area contributed by atoms with Gasteiger partial charge in [0.15, 0.2) is 0 Å². The third kappa shape index (κ3) is 10.6. The van der Waals surface area contributed by atoms with Crippen molar-refractivity contribution in [3.63, 3.8) is 0 Å². The van der Waals surface area contributed by atoms with E-state index in [1.807, 2.05) is 97.3 Å². The van der Waals surface area contributed by atoms with Crippen LogP contribution in [0.2, 0.25) is 0 Å². The van der Waals surface area contributed by atoms with Gasteiger partial charge in [0, 0.05) is 31.8 Å². The van der Waals surface area contributed by atoms with Crippen LogP contribution in [0.3, 0.4) is 0 Å². The molecule has 4 N–H and O–H groups in total. The van der Waals surface area contributed by atoms with Gasteiger partial charge < -0.3 is 35.4 Å². The fourth-order valence-electron chi connectivity index (χ4n) is 6.55. The molecule has 1 aliphatic heterocycles. The maximum absolute atomic E-state index is 14.1. The molecule has 4 atom stereocenters. The van der Waals surface area contributed by atoms with E-state index >= 15 is 0 Å². The maximum Gasteiger partial charge on any atom is 0.407 e. The molecule has 5 rings (SSSR count). The normalized spacial score (nSPS) is 21.2. The first-order valence-electron chi connectivity index (χ1n) is 18.2. The first kappa shape index (κ1) is 39.7. The fourth-order valence-corrected chi connectivity index (χ4v) is 7.36. The number of alkyl carbamates (subject to hydrolysis) is 1. The number of aliphatic hydroxyl groups excluding tert-OH is 1. The van der Waals surface area contributed by atoms with E-state index in [4.69, 9.17) is 9.47 Å². The smallest absolute Gasteiger partial charge is 0.407 e. The molecule has 1 saturated carbocycles. The minimum atomic E-state index is -0.931. The van der Waals surface area contributed by atoms with E-state index in [0.717, 1.165) is 27.3 Å². The Morgan fingerprint density at radius 1 is 0.962 bits per heavy atom. The van der Waals surface area contributed by atoms with Gasteiger partial charge in [0.25, 0.3) is 0 Å². The topological polar surface area (TPSA) is 159 Å². The van der Waals surface area contributed by atoms with E-state index in [-0.39, 0.29) is 49.4 Å². The summed E-state index contributed by atoms with van der Waals surface area (Å²) in [6.45, 7) is 14.9. The highest BCUT2D eigenvalue weighted by molar-refractivity contribution is 7.13. The number of aliphatic hydroxyl groups is 1. The largest absolute Gasteiger partial charge is 0.490 e. The van der Waals surface area contributed by atoms with Crippen LogP contribution >= 0.6 is 11.3 Å². The van der Waals surface area contributed by atoms with Gasteiger partial charge in [-0.15, -0.1) is 11.3 Å². The van der Waals surface area contributed by atoms with Crippen LogP contribution in [0.25, 0.3) is 10.4 Å². The number of likely N-dealkylation sites (tertiary alicyclic amines) is 1. The third-order valence-electron chi connectivity index (χ3n) is 9.47. The molecule has 2 fully saturated rings. The van der Waals surface area contributed by atoms with Gasteiger partial charge in [-0.3, -0.25) is 14.4 Å². The Morgan fingerprint density at radius 3 is 2.21 bits per heavy atom. The Morgan fingerprint density at radius 2 is 1.62 bits per heavy atom. The lowest BCUT2D eigenvalue weighted by molar-refractivity contribution is -0.144. The van der Waals surface area contributed by atoms with Crippen LogP contribution in [0.5, 0.6) is 5.75 Å². The summed E-state index contributed by atoms with van der Waals surface area (Å²) in [6.07, 6.45) is 0.147. The number of carbonyl (C=O) groups is 4. The van der Waals surface area contributed by atoms with Gasteiger partial charge in [0.2, 0.25) is 17.7 Å². The lowest BCUT2D eigenvalue weighted by Crippen LogP contribution is -2.58. The van der Waals surface area contributed by atoms with Crippen LogP contribution in [0.15, 0.2) is 54.0 Å². The molecule has 286 valence electrons. The highest BCUT2D eigenvalue weighted by atomic mass is 32.1. The number of aromatic nitrogens is 1. The van der Waals surface area contributed by atoms with E-state index in [9.17, 15) is 24.3 Å². The number of amides is 4. The first-order chi connectivity index (χ1) is 24.9. The summed E-state index contributed by atoms with van der Waals surface area (Å²) in [6, 6.07) is 13.0. The summed E-state index contributed by atoms with van der Waals surface area (Å²) in [5.41, 5.74) is 4.25. The average Bonchev–Trinajstić information content (AvgIpc) is 3.67. The van der Waals surface area contributed by atoms with Crippen molar-refractivity contribution in [1.29, 1.82) is 0 Å². The predicted molar refractivity (Wildman–Crippen MR) is 203 cm³/mol. The second-order valence-electron chi connectivity index (χ2n) is 16.3. The summed E-state index contributed by atoms with van der Waals surface area (Å²) >= 11 is 1.58. The molecule has 53 heavy (non-hydrogen) atoms. The molecule has 4 amide bonds. The number of thiazole rings is 1. The first-order valence-corrected chi connectivity index (χ1v) is 19.1. The number of aryl methyl sites for hydroxylation is 1. The molecule has 2 aliphatic rings. The fraction of sp³-hybridized carbons (Fsp3) is 0.525. The van der Waals surface area contributed by atoms with Crippen molar-refractivity contribution in [2.75, 3.05) is 6.54 Å². The molecule has 0 spiro atoms. The van der Waals surface area contributed by atoms with Crippen molar-refractivity contribution in [2.45, 2.75) is 123 Å². The van der Waals surface area contributed by atoms with Crippen LogP contribution in [-0.4, -0.2) is 81.3 Å². The average molecular weight is 748 g/mol. The van der Waals surface area contributed by atoms with E-state index in [0.29, 0.717) is 18.6 Å². The Kier molecular flexibility index (Phi) is 12.2. The summed E-state index contributed by atoms with van der Waals surface area (Å²) in [4.78, 5) is 59.8. The molecule has 1 aromatic heterocycles. The number of benzene rings is 2. The second kappa shape index (κ2) is 16.3. The number of ether oxygens (including phenoxy) is 2. The highest BCUT2D eigenvalue weighted by Crippen LogP contribution is 2.30. The van der Waals surface area contributed by atoms with Crippen LogP contribution < -0.4 is 20.7 Å². The molecule has 3 aromatic rings. The van der Waals surface area contributed by atoms with Gasteiger partial charge in [-0.1, -0.05) is 57.2 Å². The molecule has 1 saturated heterocycles. The summed E-state index contributed by atoms with van der Waals surface area (Å²) in [5.74, 6) is -0.453. The number of carbonyl (C=O) groups excluding carboxylic acids is 4. The Bertz CT molecular complexity index is 1760. The maximum atomic E-state index is 14.1. The molecule has 1 aliphatic carbocycles. The van der Waals surface area contributed by atoms with Crippen LogP contribution in [0, 0.1) is 12.3 Å². The zero-order valence-electron chi connectivity index (χ0n) is 31.9. The molecule has 0 radical (unpaired) electrons. The lowest BCUT2D eigenvalue weighted by Gasteiger charge is -2.36. The van der Waals surface area contributed by atoms with Gasteiger partial charge in [0.05, 0.1) is 34.6 Å². The minimum Gasteiger partial charge on any atom is -0.490 e. The molecule has 2 aromatic carbocycles. The molecule has 13 heteroatoms. The Hall–Kier alpha value is -4.49. The van der Waals surface area contributed by atoms with Crippen molar-refractivity contribution in [3.05, 3.63) is 70.9 Å². The number of nitrogens with zero attached hydrogens (tertiary/aromatic N) is 2. The number of rotatable bonds is 11. The van der Waals surface area contributed by atoms with Crippen molar-refractivity contribution >= 4 is 35.2 Å². The molecular weight excluding hydrogens is 695 g/mol. The lowest BCUT2D eigenvalue weighted by atomic mass is 9.85. The SMILES string of the molecule is Cc1ncsc1-c1ccc([C@H](C)NC(=O)[C@@H]2C[C@@H](O)CN2C(=O)[C@@H](NC(=O)Cc2ccc(OC3CC(NC(=O)OC(C)(C)C)C3)cc2)C(C)(C)C)cc1. The number of nitrogens with one attached hydrogen (secondary N) is 3. The monoisotopic (exact) mass is 747 g/mol. The van der Waals surface area contributed by atoms with Gasteiger partial charge in [0.1, 0.15) is 29.5 Å². The summed E-state index contributed by atoms with van der Waals surface area (Å²) in [5, 5.41) is 19.4. The minimum absolute atomic E-state index is 0.00306. The highest BCUT2D eigenvalue weighted by Gasteiger charge is 2.44. The molecule has 2 heterocycles. The van der Waals surface area contributed by atoms with Crippen LogP contribution in [-0.2, 0) is 25.5 Å². The van der Waals surface area contributed by atoms with Crippen molar-refractivity contribution in [2.24, 2.45) is 5.41 Å². The second-order valence-corrected chi connectivity index (χ2v) is 17.1. The quantitative estimate of drug-likeness (QED) is 0.201. The van der Waals surface area contributed by atoms with E-state index in [2.05, 4.69) is 20.9 Å². The van der Waals surface area contributed by atoms with E-state index < -0.39 is 41.2 Å². The summed E-state index contributed by atoms with van der Waals surface area (Å²) < 4.78 is 11.3. The number of hydrogen-bond acceptors (Lipinski definition) is 9. The Balaban J connectivity index is 1.14. The zero-order valence-corrected chi connectivity index (χ0v) is 32.7. The van der Waals surface area contributed by atoms with Gasteiger partial charge >= 0.3 is 6.09 Å². The predicted octanol–water partition coefficient (Wildman–Crippen LogP) is 5.47. The van der Waals surface area contributed by atoms with Gasteiger partial charge in [-0.05, 0) is 68.9 Å². The molecule has 12 nitrogen and oxygen atoms in total. The number of hydrogen-bond donors (Lipinski definition) is 4. The third-order valence-corrected chi connectivity index (χ3v) is 10.4. The van der Waals surface area contributed by atoms with E-state index in [1.54, 1.807) is 23.5 Å².